The molecule has 1 unspecified atom stereocenters. The highest BCUT2D eigenvalue weighted by Gasteiger charge is 2.25. The van der Waals surface area contributed by atoms with Crippen LogP contribution in [0.2, 0.25) is 0 Å². The molecule has 33 heavy (non-hydrogen) atoms. The second kappa shape index (κ2) is 10.3. The molecule has 1 aromatic heterocycles. The van der Waals surface area contributed by atoms with Crippen molar-refractivity contribution in [2.75, 3.05) is 0 Å². The van der Waals surface area contributed by atoms with E-state index in [2.05, 4.69) is 43.4 Å². The van der Waals surface area contributed by atoms with E-state index in [1.54, 1.807) is 0 Å². The Morgan fingerprint density at radius 3 is 2.12 bits per heavy atom. The van der Waals surface area contributed by atoms with Gasteiger partial charge in [0.25, 0.3) is 5.91 Å². The number of amides is 1. The minimum atomic E-state index is -0.115. The number of nitrogens with zero attached hydrogens (tertiary/aromatic N) is 2. The predicted octanol–water partition coefficient (Wildman–Crippen LogP) is 6.68. The van der Waals surface area contributed by atoms with E-state index in [0.29, 0.717) is 12.2 Å². The molecule has 1 N–H and O–H groups in total. The number of hydrogen-bond acceptors (Lipinski definition) is 2. The van der Waals surface area contributed by atoms with Gasteiger partial charge in [0.15, 0.2) is 0 Å². The molecule has 0 aliphatic rings. The summed E-state index contributed by atoms with van der Waals surface area (Å²) in [5, 5.41) is 3.19. The molecule has 0 spiro atoms. The van der Waals surface area contributed by atoms with Gasteiger partial charge in [0.1, 0.15) is 17.2 Å². The Balaban J connectivity index is 1.79. The number of rotatable bonds is 8. The number of benzene rings is 3. The van der Waals surface area contributed by atoms with E-state index in [0.717, 1.165) is 41.1 Å². The van der Waals surface area contributed by atoms with Crippen molar-refractivity contribution in [1.29, 1.82) is 0 Å². The van der Waals surface area contributed by atoms with Crippen LogP contribution >= 0.6 is 0 Å². The standard InChI is InChI=1S/C29H31N3O/c1-4-12-22-17-19-24(20-18-22)26-27(29(33)30-21(3)23-13-8-6-9-14-23)32(5-2)28(31-26)25-15-10-7-11-16-25/h6-11,13-21H,4-5,12H2,1-3H3,(H,30,33). The van der Waals surface area contributed by atoms with E-state index in [4.69, 9.17) is 4.98 Å². The van der Waals surface area contributed by atoms with Gasteiger partial charge in [0.05, 0.1) is 6.04 Å². The first-order valence-corrected chi connectivity index (χ1v) is 11.7. The summed E-state index contributed by atoms with van der Waals surface area (Å²) >= 11 is 0. The van der Waals surface area contributed by atoms with Gasteiger partial charge in [-0.05, 0) is 31.4 Å². The number of aryl methyl sites for hydroxylation is 1. The average molecular weight is 438 g/mol. The summed E-state index contributed by atoms with van der Waals surface area (Å²) in [4.78, 5) is 18.6. The molecular weight excluding hydrogens is 406 g/mol. The molecule has 0 aliphatic carbocycles. The molecule has 4 nitrogen and oxygen atoms in total. The van der Waals surface area contributed by atoms with Crippen LogP contribution in [0, 0.1) is 0 Å². The van der Waals surface area contributed by atoms with Crippen LogP contribution in [0.1, 0.15) is 54.8 Å². The van der Waals surface area contributed by atoms with Crippen LogP contribution in [0.25, 0.3) is 22.6 Å². The zero-order valence-corrected chi connectivity index (χ0v) is 19.6. The summed E-state index contributed by atoms with van der Waals surface area (Å²) < 4.78 is 2.03. The second-order valence-corrected chi connectivity index (χ2v) is 8.30. The topological polar surface area (TPSA) is 46.9 Å². The van der Waals surface area contributed by atoms with Crippen LogP contribution in [0.3, 0.4) is 0 Å². The third kappa shape index (κ3) is 4.90. The van der Waals surface area contributed by atoms with E-state index in [1.165, 1.54) is 5.56 Å². The van der Waals surface area contributed by atoms with Crippen LogP contribution in [0.4, 0.5) is 0 Å². The molecule has 4 aromatic rings. The van der Waals surface area contributed by atoms with Crippen molar-refractivity contribution in [3.8, 4) is 22.6 Å². The zero-order valence-electron chi connectivity index (χ0n) is 19.6. The van der Waals surface area contributed by atoms with Gasteiger partial charge < -0.3 is 9.88 Å². The van der Waals surface area contributed by atoms with Gasteiger partial charge in [-0.1, -0.05) is 98.3 Å². The lowest BCUT2D eigenvalue weighted by Gasteiger charge is -2.16. The minimum absolute atomic E-state index is 0.112. The zero-order chi connectivity index (χ0) is 23.2. The summed E-state index contributed by atoms with van der Waals surface area (Å²) in [6.07, 6.45) is 2.15. The highest BCUT2D eigenvalue weighted by atomic mass is 16.2. The first kappa shape index (κ1) is 22.5. The van der Waals surface area contributed by atoms with Crippen molar-refractivity contribution in [1.82, 2.24) is 14.9 Å². The summed E-state index contributed by atoms with van der Waals surface area (Å²) in [5.41, 5.74) is 5.64. The number of hydrogen-bond donors (Lipinski definition) is 1. The Kier molecular flexibility index (Phi) is 7.04. The molecule has 1 atom stereocenters. The molecule has 0 bridgehead atoms. The van der Waals surface area contributed by atoms with Crippen LogP contribution in [-0.4, -0.2) is 15.5 Å². The summed E-state index contributed by atoms with van der Waals surface area (Å²) in [7, 11) is 0. The molecule has 0 radical (unpaired) electrons. The average Bonchev–Trinajstić information content (AvgIpc) is 3.25. The lowest BCUT2D eigenvalue weighted by atomic mass is 10.0. The van der Waals surface area contributed by atoms with Gasteiger partial charge in [-0.25, -0.2) is 4.98 Å². The van der Waals surface area contributed by atoms with E-state index in [1.807, 2.05) is 72.2 Å². The molecule has 1 amide bonds. The quantitative estimate of drug-likeness (QED) is 0.334. The molecular formula is C29H31N3O. The molecule has 4 heteroatoms. The Morgan fingerprint density at radius 1 is 0.879 bits per heavy atom. The summed E-state index contributed by atoms with van der Waals surface area (Å²) in [5.74, 6) is 0.693. The molecule has 0 saturated carbocycles. The smallest absolute Gasteiger partial charge is 0.270 e. The second-order valence-electron chi connectivity index (χ2n) is 8.30. The number of carbonyl (C=O) groups excluding carboxylic acids is 1. The van der Waals surface area contributed by atoms with Crippen LogP contribution in [-0.2, 0) is 13.0 Å². The third-order valence-electron chi connectivity index (χ3n) is 5.94. The van der Waals surface area contributed by atoms with E-state index >= 15 is 0 Å². The fraction of sp³-hybridized carbons (Fsp3) is 0.241. The van der Waals surface area contributed by atoms with Gasteiger partial charge in [-0.2, -0.15) is 0 Å². The molecule has 3 aromatic carbocycles. The van der Waals surface area contributed by atoms with E-state index in [9.17, 15) is 4.79 Å². The molecule has 4 rings (SSSR count). The van der Waals surface area contributed by atoms with Gasteiger partial charge >= 0.3 is 0 Å². The maximum Gasteiger partial charge on any atom is 0.270 e. The highest BCUT2D eigenvalue weighted by molar-refractivity contribution is 5.99. The van der Waals surface area contributed by atoms with E-state index in [-0.39, 0.29) is 11.9 Å². The highest BCUT2D eigenvalue weighted by Crippen LogP contribution is 2.30. The molecule has 168 valence electrons. The maximum absolute atomic E-state index is 13.6. The van der Waals surface area contributed by atoms with Crippen LogP contribution in [0.5, 0.6) is 0 Å². The van der Waals surface area contributed by atoms with Crippen molar-refractivity contribution >= 4 is 5.91 Å². The number of aromatic nitrogens is 2. The largest absolute Gasteiger partial charge is 0.344 e. The van der Waals surface area contributed by atoms with E-state index < -0.39 is 0 Å². The fourth-order valence-corrected chi connectivity index (χ4v) is 4.21. The summed E-state index contributed by atoms with van der Waals surface area (Å²) in [6, 6.07) is 28.4. The minimum Gasteiger partial charge on any atom is -0.344 e. The van der Waals surface area contributed by atoms with Crippen molar-refractivity contribution in [3.05, 3.63) is 102 Å². The Morgan fingerprint density at radius 2 is 1.52 bits per heavy atom. The molecule has 1 heterocycles. The number of nitrogens with one attached hydrogen (secondary N) is 1. The van der Waals surface area contributed by atoms with Crippen LogP contribution < -0.4 is 5.32 Å². The van der Waals surface area contributed by atoms with Crippen molar-refractivity contribution in [3.63, 3.8) is 0 Å². The lowest BCUT2D eigenvalue weighted by molar-refractivity contribution is 0.0931. The van der Waals surface area contributed by atoms with Gasteiger partial charge in [0, 0.05) is 17.7 Å². The summed E-state index contributed by atoms with van der Waals surface area (Å²) in [6.45, 7) is 6.89. The Hall–Kier alpha value is -3.66. The molecule has 0 saturated heterocycles. The van der Waals surface area contributed by atoms with Crippen molar-refractivity contribution < 1.29 is 4.79 Å². The number of carbonyl (C=O) groups is 1. The predicted molar refractivity (Wildman–Crippen MR) is 135 cm³/mol. The fourth-order valence-electron chi connectivity index (χ4n) is 4.21. The Bertz CT molecular complexity index is 1200. The molecule has 0 fully saturated rings. The lowest BCUT2D eigenvalue weighted by Crippen LogP contribution is -2.29. The number of imidazole rings is 1. The van der Waals surface area contributed by atoms with Crippen molar-refractivity contribution in [2.24, 2.45) is 0 Å². The Labute approximate surface area is 196 Å². The monoisotopic (exact) mass is 437 g/mol. The van der Waals surface area contributed by atoms with Crippen LogP contribution in [0.15, 0.2) is 84.9 Å². The maximum atomic E-state index is 13.6. The third-order valence-corrected chi connectivity index (χ3v) is 5.94. The first-order chi connectivity index (χ1) is 16.1. The van der Waals surface area contributed by atoms with Gasteiger partial charge in [0.2, 0.25) is 0 Å². The van der Waals surface area contributed by atoms with Crippen molar-refractivity contribution in [2.45, 2.75) is 46.2 Å². The SMILES string of the molecule is CCCc1ccc(-c2nc(-c3ccccc3)n(CC)c2C(=O)NC(C)c2ccccc2)cc1. The molecule has 0 aliphatic heterocycles. The van der Waals surface area contributed by atoms with Gasteiger partial charge in [-0.3, -0.25) is 4.79 Å². The first-order valence-electron chi connectivity index (χ1n) is 11.7. The normalized spacial score (nSPS) is 11.8. The van der Waals surface area contributed by atoms with Gasteiger partial charge in [-0.15, -0.1) is 0 Å².